The Kier molecular flexibility index (Phi) is 5.20. The molecule has 4 rings (SSSR count). The van der Waals surface area contributed by atoms with Gasteiger partial charge in [-0.15, -0.1) is 16.4 Å². The molecule has 28 heavy (non-hydrogen) atoms. The summed E-state index contributed by atoms with van der Waals surface area (Å²) in [5.41, 5.74) is 0.899. The van der Waals surface area contributed by atoms with E-state index in [2.05, 4.69) is 25.6 Å². The van der Waals surface area contributed by atoms with Crippen LogP contribution in [0.25, 0.3) is 5.69 Å². The molecule has 0 spiro atoms. The van der Waals surface area contributed by atoms with Gasteiger partial charge in [0.15, 0.2) is 11.6 Å². The second kappa shape index (κ2) is 7.93. The lowest BCUT2D eigenvalue weighted by atomic mass is 10.0. The number of ketones is 1. The number of nitrogens with zero attached hydrogens (tertiary/aromatic N) is 7. The maximum atomic E-state index is 14.8. The van der Waals surface area contributed by atoms with Crippen molar-refractivity contribution in [3.05, 3.63) is 52.0 Å². The summed E-state index contributed by atoms with van der Waals surface area (Å²) < 4.78 is 16.1. The van der Waals surface area contributed by atoms with Gasteiger partial charge in [0.2, 0.25) is 0 Å². The molecule has 0 atom stereocenters. The molecular weight excluding hydrogens is 381 g/mol. The third-order valence-electron chi connectivity index (χ3n) is 4.46. The van der Waals surface area contributed by atoms with E-state index in [1.807, 2.05) is 10.4 Å². The summed E-state index contributed by atoms with van der Waals surface area (Å²) >= 11 is 1.41. The number of hydrogen-bond donors (Lipinski definition) is 0. The number of aromatic nitrogens is 5. The number of aryl methyl sites for hydroxylation is 1. The Balaban J connectivity index is 1.68. The number of Topliss-reactive ketones (excluding diaryl/α,β-unsaturated/α-hetero) is 1. The molecule has 0 N–H and O–H groups in total. The van der Waals surface area contributed by atoms with E-state index in [1.54, 1.807) is 25.3 Å². The highest BCUT2D eigenvalue weighted by atomic mass is 32.1. The highest BCUT2D eigenvalue weighted by molar-refractivity contribution is 7.09. The number of rotatable bonds is 6. The van der Waals surface area contributed by atoms with E-state index in [4.69, 9.17) is 0 Å². The molecule has 0 aliphatic carbocycles. The van der Waals surface area contributed by atoms with Crippen molar-refractivity contribution >= 4 is 22.8 Å². The normalized spacial score (nSPS) is 14.6. The molecule has 0 saturated carbocycles. The van der Waals surface area contributed by atoms with Crippen molar-refractivity contribution in [3.63, 3.8) is 0 Å². The van der Waals surface area contributed by atoms with Gasteiger partial charge in [0.25, 0.3) is 0 Å². The second-order valence-electron chi connectivity index (χ2n) is 6.44. The number of thiazole rings is 1. The van der Waals surface area contributed by atoms with Crippen molar-refractivity contribution in [2.75, 3.05) is 13.1 Å². The zero-order valence-corrected chi connectivity index (χ0v) is 16.1. The van der Waals surface area contributed by atoms with Crippen molar-refractivity contribution in [1.82, 2.24) is 30.2 Å². The predicted octanol–water partition coefficient (Wildman–Crippen LogP) is 2.18. The van der Waals surface area contributed by atoms with Gasteiger partial charge >= 0.3 is 0 Å². The van der Waals surface area contributed by atoms with Gasteiger partial charge in [-0.05, 0) is 42.3 Å². The molecule has 1 aliphatic heterocycles. The Labute approximate surface area is 164 Å². The first-order chi connectivity index (χ1) is 13.6. The maximum absolute atomic E-state index is 14.8. The summed E-state index contributed by atoms with van der Waals surface area (Å²) in [5, 5.41) is 20.0. The fourth-order valence-electron chi connectivity index (χ4n) is 3.06. The van der Waals surface area contributed by atoms with Crippen LogP contribution in [-0.4, -0.2) is 54.8 Å². The van der Waals surface area contributed by atoms with E-state index < -0.39 is 5.82 Å². The van der Waals surface area contributed by atoms with Crippen molar-refractivity contribution in [2.45, 2.75) is 26.2 Å². The lowest BCUT2D eigenvalue weighted by Crippen LogP contribution is -2.24. The van der Waals surface area contributed by atoms with E-state index in [-0.39, 0.29) is 23.6 Å². The molecule has 0 amide bonds. The van der Waals surface area contributed by atoms with Gasteiger partial charge in [0.05, 0.1) is 6.42 Å². The molecule has 3 aromatic rings. The van der Waals surface area contributed by atoms with Gasteiger partial charge < -0.3 is 0 Å². The Morgan fingerprint density at radius 1 is 1.32 bits per heavy atom. The molecule has 0 radical (unpaired) electrons. The topological polar surface area (TPSA) is 89.2 Å². The number of hydrazone groups is 1. The van der Waals surface area contributed by atoms with Crippen LogP contribution in [0.2, 0.25) is 0 Å². The lowest BCUT2D eigenvalue weighted by molar-refractivity contribution is -0.112. The Bertz CT molecular complexity index is 1010. The van der Waals surface area contributed by atoms with Crippen LogP contribution in [-0.2, 0) is 11.2 Å². The van der Waals surface area contributed by atoms with Crippen LogP contribution in [0.4, 0.5) is 4.39 Å². The molecule has 0 bridgehead atoms. The fourth-order valence-corrected chi connectivity index (χ4v) is 3.67. The van der Waals surface area contributed by atoms with Crippen LogP contribution >= 0.6 is 11.3 Å². The standard InChI is InChI=1S/C18H18FN7OS/c1-12-21-23-24-26(12)15-5-4-13(10-14(15)19)18(22-25-7-2-3-8-25)16(27)11-17-20-6-9-28-17/h4-6,9-10H,2-3,7-8,11H2,1H3/b22-18+. The number of hydrogen-bond acceptors (Lipinski definition) is 8. The summed E-state index contributed by atoms with van der Waals surface area (Å²) in [5.74, 6) is -0.242. The van der Waals surface area contributed by atoms with E-state index >= 15 is 0 Å². The van der Waals surface area contributed by atoms with Gasteiger partial charge in [0.1, 0.15) is 22.2 Å². The highest BCUT2D eigenvalue weighted by Crippen LogP contribution is 2.18. The van der Waals surface area contributed by atoms with Crippen LogP contribution in [0, 0.1) is 12.7 Å². The van der Waals surface area contributed by atoms with Gasteiger partial charge in [-0.3, -0.25) is 9.80 Å². The van der Waals surface area contributed by atoms with E-state index in [1.165, 1.54) is 22.1 Å². The number of halogens is 1. The summed E-state index contributed by atoms with van der Waals surface area (Å²) in [6, 6.07) is 4.55. The molecule has 0 unspecified atom stereocenters. The molecular formula is C18H18FN7OS. The van der Waals surface area contributed by atoms with Gasteiger partial charge in [0, 0.05) is 30.2 Å². The van der Waals surface area contributed by atoms with Gasteiger partial charge in [-0.2, -0.15) is 9.78 Å². The third kappa shape index (κ3) is 3.81. The minimum Gasteiger partial charge on any atom is -0.296 e. The van der Waals surface area contributed by atoms with Crippen LogP contribution in [0.1, 0.15) is 29.2 Å². The average molecular weight is 399 g/mol. The molecule has 1 aliphatic rings. The number of tetrazole rings is 1. The Morgan fingerprint density at radius 3 is 2.79 bits per heavy atom. The number of benzene rings is 1. The molecule has 1 aromatic carbocycles. The van der Waals surface area contributed by atoms with E-state index in [0.29, 0.717) is 16.4 Å². The highest BCUT2D eigenvalue weighted by Gasteiger charge is 2.21. The molecule has 3 heterocycles. The summed E-state index contributed by atoms with van der Waals surface area (Å²) in [6.07, 6.45) is 3.86. The number of carbonyl (C=O) groups excluding carboxylic acids is 1. The minimum atomic E-state index is -0.524. The SMILES string of the molecule is Cc1nnnn1-c1ccc(/C(=N\N2CCCC2)C(=O)Cc2nccs2)cc1F. The minimum absolute atomic E-state index is 0.139. The van der Waals surface area contributed by atoms with Crippen molar-refractivity contribution in [2.24, 2.45) is 5.10 Å². The monoisotopic (exact) mass is 399 g/mol. The first kappa shape index (κ1) is 18.4. The molecule has 1 fully saturated rings. The average Bonchev–Trinajstić information content (AvgIpc) is 3.43. The second-order valence-corrected chi connectivity index (χ2v) is 7.42. The van der Waals surface area contributed by atoms with E-state index in [0.717, 1.165) is 25.9 Å². The molecule has 1 saturated heterocycles. The van der Waals surface area contributed by atoms with Crippen molar-refractivity contribution < 1.29 is 9.18 Å². The lowest BCUT2D eigenvalue weighted by Gasteiger charge is -2.14. The van der Waals surface area contributed by atoms with Crippen LogP contribution in [0.3, 0.4) is 0 Å². The van der Waals surface area contributed by atoms with Crippen LogP contribution < -0.4 is 0 Å². The van der Waals surface area contributed by atoms with Crippen LogP contribution in [0.5, 0.6) is 0 Å². The van der Waals surface area contributed by atoms with Gasteiger partial charge in [-0.25, -0.2) is 9.37 Å². The molecule has 2 aromatic heterocycles. The summed E-state index contributed by atoms with van der Waals surface area (Å²) in [6.45, 7) is 3.27. The predicted molar refractivity (Wildman–Crippen MR) is 102 cm³/mol. The van der Waals surface area contributed by atoms with Crippen molar-refractivity contribution in [1.29, 1.82) is 0 Å². The fraction of sp³-hybridized carbons (Fsp3) is 0.333. The van der Waals surface area contributed by atoms with Crippen LogP contribution in [0.15, 0.2) is 34.9 Å². The largest absolute Gasteiger partial charge is 0.296 e. The first-order valence-corrected chi connectivity index (χ1v) is 9.80. The Morgan fingerprint density at radius 2 is 2.14 bits per heavy atom. The first-order valence-electron chi connectivity index (χ1n) is 8.92. The number of carbonyl (C=O) groups is 1. The third-order valence-corrected chi connectivity index (χ3v) is 5.24. The Hall–Kier alpha value is -3.01. The zero-order chi connectivity index (χ0) is 19.5. The summed E-state index contributed by atoms with van der Waals surface area (Å²) in [4.78, 5) is 17.1. The maximum Gasteiger partial charge on any atom is 0.190 e. The molecule has 10 heteroatoms. The van der Waals surface area contributed by atoms with Crippen molar-refractivity contribution in [3.8, 4) is 5.69 Å². The molecule has 144 valence electrons. The summed E-state index contributed by atoms with van der Waals surface area (Å²) in [7, 11) is 0. The quantitative estimate of drug-likeness (QED) is 0.590. The van der Waals surface area contributed by atoms with E-state index in [9.17, 15) is 9.18 Å². The van der Waals surface area contributed by atoms with Gasteiger partial charge in [-0.1, -0.05) is 6.07 Å². The zero-order valence-electron chi connectivity index (χ0n) is 15.2. The molecule has 8 nitrogen and oxygen atoms in total. The smallest absolute Gasteiger partial charge is 0.190 e.